The van der Waals surface area contributed by atoms with Crippen molar-refractivity contribution in [1.82, 2.24) is 19.9 Å². The molecular weight excluding hydrogens is 388 g/mol. The number of thiophene rings is 1. The summed E-state index contributed by atoms with van der Waals surface area (Å²) in [7, 11) is 0. The minimum absolute atomic E-state index is 0.301. The summed E-state index contributed by atoms with van der Waals surface area (Å²) >= 11 is 1.35. The summed E-state index contributed by atoms with van der Waals surface area (Å²) in [5.74, 6) is 1.72. The number of rotatable bonds is 6. The van der Waals surface area contributed by atoms with E-state index < -0.39 is 0 Å². The predicted octanol–water partition coefficient (Wildman–Crippen LogP) is 3.29. The Kier molecular flexibility index (Phi) is 5.84. The van der Waals surface area contributed by atoms with E-state index in [4.69, 9.17) is 4.74 Å². The maximum absolute atomic E-state index is 12.2. The highest BCUT2D eigenvalue weighted by atomic mass is 32.1. The first-order valence-electron chi connectivity index (χ1n) is 9.84. The van der Waals surface area contributed by atoms with Crippen LogP contribution in [0, 0.1) is 12.8 Å². The van der Waals surface area contributed by atoms with Crippen molar-refractivity contribution in [3.05, 3.63) is 35.2 Å². The van der Waals surface area contributed by atoms with E-state index in [1.54, 1.807) is 25.6 Å². The number of hydrogen-bond acceptors (Lipinski definition) is 9. The number of fused-ring (bicyclic) bond motifs is 1. The summed E-state index contributed by atoms with van der Waals surface area (Å²) in [6.07, 6.45) is 7.35. The van der Waals surface area contributed by atoms with Gasteiger partial charge in [0.15, 0.2) is 0 Å². The standard InChI is InChI=1S/C20H24N6O2S/c1-3-28-19(27)16-13(2)15-17(24-12-25-18(15)29-16)23-10-14-6-4-9-26(11-14)20-21-7-5-8-22-20/h5,7-8,12,14H,3-4,6,9-11H2,1-2H3,(H,23,24,25). The quantitative estimate of drug-likeness (QED) is 0.617. The van der Waals surface area contributed by atoms with Gasteiger partial charge in [0.25, 0.3) is 0 Å². The van der Waals surface area contributed by atoms with Crippen molar-refractivity contribution in [3.8, 4) is 0 Å². The van der Waals surface area contributed by atoms with Crippen molar-refractivity contribution >= 4 is 39.3 Å². The number of piperidine rings is 1. The molecule has 3 aromatic heterocycles. The first-order chi connectivity index (χ1) is 14.2. The lowest BCUT2D eigenvalue weighted by Crippen LogP contribution is -2.39. The molecule has 4 rings (SSSR count). The number of nitrogens with zero attached hydrogens (tertiary/aromatic N) is 5. The molecule has 1 unspecified atom stereocenters. The number of ether oxygens (including phenoxy) is 1. The van der Waals surface area contributed by atoms with Crippen LogP contribution < -0.4 is 10.2 Å². The van der Waals surface area contributed by atoms with E-state index in [0.29, 0.717) is 17.4 Å². The first-order valence-corrected chi connectivity index (χ1v) is 10.7. The van der Waals surface area contributed by atoms with Gasteiger partial charge in [-0.3, -0.25) is 0 Å². The third-order valence-electron chi connectivity index (χ3n) is 5.10. The smallest absolute Gasteiger partial charge is 0.348 e. The van der Waals surface area contributed by atoms with Crippen molar-refractivity contribution in [1.29, 1.82) is 0 Å². The summed E-state index contributed by atoms with van der Waals surface area (Å²) in [5, 5.41) is 4.39. The van der Waals surface area contributed by atoms with Gasteiger partial charge in [0.1, 0.15) is 21.9 Å². The van der Waals surface area contributed by atoms with Gasteiger partial charge in [-0.25, -0.2) is 24.7 Å². The van der Waals surface area contributed by atoms with Crippen LogP contribution in [0.2, 0.25) is 0 Å². The molecule has 0 bridgehead atoms. The first kappa shape index (κ1) is 19.5. The number of anilines is 2. The minimum atomic E-state index is -0.301. The second kappa shape index (κ2) is 8.69. The number of carbonyl (C=O) groups is 1. The summed E-state index contributed by atoms with van der Waals surface area (Å²) < 4.78 is 5.17. The van der Waals surface area contributed by atoms with Gasteiger partial charge in [-0.15, -0.1) is 11.3 Å². The van der Waals surface area contributed by atoms with Gasteiger partial charge < -0.3 is 15.0 Å². The van der Waals surface area contributed by atoms with Gasteiger partial charge in [0.05, 0.1) is 12.0 Å². The lowest BCUT2D eigenvalue weighted by Gasteiger charge is -2.32. The molecule has 1 aliphatic rings. The van der Waals surface area contributed by atoms with Gasteiger partial charge >= 0.3 is 5.97 Å². The van der Waals surface area contributed by atoms with Crippen molar-refractivity contribution in [2.24, 2.45) is 5.92 Å². The van der Waals surface area contributed by atoms with E-state index in [1.165, 1.54) is 11.3 Å². The molecule has 0 aliphatic carbocycles. The number of aromatic nitrogens is 4. The van der Waals surface area contributed by atoms with Gasteiger partial charge in [-0.05, 0) is 44.2 Å². The summed E-state index contributed by atoms with van der Waals surface area (Å²) in [4.78, 5) is 33.4. The molecule has 1 atom stereocenters. The molecule has 9 heteroatoms. The Balaban J connectivity index is 1.49. The fourth-order valence-electron chi connectivity index (χ4n) is 3.71. The number of esters is 1. The Morgan fingerprint density at radius 3 is 2.93 bits per heavy atom. The molecule has 0 spiro atoms. The normalized spacial score (nSPS) is 16.8. The van der Waals surface area contributed by atoms with Gasteiger partial charge in [-0.2, -0.15) is 0 Å². The van der Waals surface area contributed by atoms with E-state index in [9.17, 15) is 4.79 Å². The van der Waals surface area contributed by atoms with E-state index in [-0.39, 0.29) is 5.97 Å². The van der Waals surface area contributed by atoms with Crippen LogP contribution in [-0.4, -0.2) is 52.1 Å². The van der Waals surface area contributed by atoms with Crippen LogP contribution in [0.25, 0.3) is 10.2 Å². The van der Waals surface area contributed by atoms with E-state index in [1.807, 2.05) is 13.0 Å². The lowest BCUT2D eigenvalue weighted by atomic mass is 9.98. The van der Waals surface area contributed by atoms with Gasteiger partial charge in [-0.1, -0.05) is 0 Å². The van der Waals surface area contributed by atoms with Crippen molar-refractivity contribution in [3.63, 3.8) is 0 Å². The fraction of sp³-hybridized carbons (Fsp3) is 0.450. The molecule has 1 N–H and O–H groups in total. The second-order valence-electron chi connectivity index (χ2n) is 7.06. The van der Waals surface area contributed by atoms with E-state index >= 15 is 0 Å². The van der Waals surface area contributed by atoms with Gasteiger partial charge in [0.2, 0.25) is 5.95 Å². The van der Waals surface area contributed by atoms with Crippen LogP contribution in [0.1, 0.15) is 35.0 Å². The molecule has 3 aromatic rings. The number of hydrogen-bond donors (Lipinski definition) is 1. The molecule has 1 fully saturated rings. The van der Waals surface area contributed by atoms with Crippen molar-refractivity contribution in [2.45, 2.75) is 26.7 Å². The SMILES string of the molecule is CCOC(=O)c1sc2ncnc(NCC3CCCN(c4ncccn4)C3)c2c1C. The Bertz CT molecular complexity index is 993. The summed E-state index contributed by atoms with van der Waals surface area (Å²) in [5.41, 5.74) is 0.870. The molecule has 4 heterocycles. The topological polar surface area (TPSA) is 93.1 Å². The molecule has 1 saturated heterocycles. The molecule has 0 aromatic carbocycles. The zero-order chi connectivity index (χ0) is 20.2. The maximum atomic E-state index is 12.2. The molecule has 29 heavy (non-hydrogen) atoms. The van der Waals surface area contributed by atoms with Crippen molar-refractivity contribution < 1.29 is 9.53 Å². The predicted molar refractivity (Wildman–Crippen MR) is 114 cm³/mol. The Morgan fingerprint density at radius 1 is 1.31 bits per heavy atom. The van der Waals surface area contributed by atoms with Crippen molar-refractivity contribution in [2.75, 3.05) is 36.5 Å². The van der Waals surface area contributed by atoms with Crippen LogP contribution >= 0.6 is 11.3 Å². The largest absolute Gasteiger partial charge is 0.462 e. The van der Waals surface area contributed by atoms with E-state index in [2.05, 4.69) is 30.2 Å². The molecular formula is C20H24N6O2S. The Morgan fingerprint density at radius 2 is 2.14 bits per heavy atom. The number of aryl methyl sites for hydroxylation is 1. The monoisotopic (exact) mass is 412 g/mol. The summed E-state index contributed by atoms with van der Waals surface area (Å²) in [6, 6.07) is 1.83. The zero-order valence-corrected chi connectivity index (χ0v) is 17.4. The third-order valence-corrected chi connectivity index (χ3v) is 6.28. The molecule has 152 valence electrons. The van der Waals surface area contributed by atoms with Crippen LogP contribution in [-0.2, 0) is 4.74 Å². The average molecular weight is 413 g/mol. The molecule has 0 radical (unpaired) electrons. The Hall–Kier alpha value is -2.81. The average Bonchev–Trinajstić information content (AvgIpc) is 3.11. The molecule has 0 amide bonds. The fourth-order valence-corrected chi connectivity index (χ4v) is 4.75. The highest BCUT2D eigenvalue weighted by Crippen LogP contribution is 2.34. The molecule has 0 saturated carbocycles. The number of nitrogens with one attached hydrogen (secondary N) is 1. The number of carbonyl (C=O) groups excluding carboxylic acids is 1. The zero-order valence-electron chi connectivity index (χ0n) is 16.6. The van der Waals surface area contributed by atoms with Gasteiger partial charge in [0, 0.05) is 32.0 Å². The van der Waals surface area contributed by atoms with Crippen LogP contribution in [0.4, 0.5) is 11.8 Å². The third kappa shape index (κ3) is 4.14. The molecule has 1 aliphatic heterocycles. The van der Waals surface area contributed by atoms with Crippen LogP contribution in [0.15, 0.2) is 24.8 Å². The maximum Gasteiger partial charge on any atom is 0.348 e. The highest BCUT2D eigenvalue weighted by Gasteiger charge is 2.23. The Labute approximate surface area is 173 Å². The highest BCUT2D eigenvalue weighted by molar-refractivity contribution is 7.20. The second-order valence-corrected chi connectivity index (χ2v) is 8.06. The van der Waals surface area contributed by atoms with E-state index in [0.717, 1.165) is 60.0 Å². The lowest BCUT2D eigenvalue weighted by molar-refractivity contribution is 0.0531. The molecule has 8 nitrogen and oxygen atoms in total. The van der Waals surface area contributed by atoms with Crippen LogP contribution in [0.3, 0.4) is 0 Å². The van der Waals surface area contributed by atoms with Crippen LogP contribution in [0.5, 0.6) is 0 Å². The minimum Gasteiger partial charge on any atom is -0.462 e. The summed E-state index contributed by atoms with van der Waals surface area (Å²) in [6.45, 7) is 6.76.